The molecule has 1 saturated heterocycles. The lowest BCUT2D eigenvalue weighted by molar-refractivity contribution is 0.0165. The summed E-state index contributed by atoms with van der Waals surface area (Å²) >= 11 is 0. The highest BCUT2D eigenvalue weighted by Gasteiger charge is 2.31. The number of piperidine rings is 1. The second-order valence-electron chi connectivity index (χ2n) is 8.90. The molecule has 1 aliphatic heterocycles. The smallest absolute Gasteiger partial charge is 0.410 e. The summed E-state index contributed by atoms with van der Waals surface area (Å²) in [5.74, 6) is 1.21. The minimum atomic E-state index is -0.505. The minimum absolute atomic E-state index is 0.145. The van der Waals surface area contributed by atoms with Crippen LogP contribution in [-0.2, 0) is 11.2 Å². The fourth-order valence-corrected chi connectivity index (χ4v) is 3.49. The Morgan fingerprint density at radius 2 is 1.97 bits per heavy atom. The number of carbonyl (C=O) groups is 1. The molecule has 7 nitrogen and oxygen atoms in total. The Morgan fingerprint density at radius 1 is 1.27 bits per heavy atom. The zero-order valence-electron chi connectivity index (χ0n) is 18.3. The van der Waals surface area contributed by atoms with Gasteiger partial charge in [0.25, 0.3) is 0 Å². The van der Waals surface area contributed by atoms with Crippen LogP contribution in [0.5, 0.6) is 0 Å². The van der Waals surface area contributed by atoms with E-state index in [4.69, 9.17) is 4.74 Å². The maximum atomic E-state index is 13.2. The number of nitrogens with zero attached hydrogens (tertiary/aromatic N) is 4. The summed E-state index contributed by atoms with van der Waals surface area (Å²) < 4.78 is 18.7. The molecule has 0 bridgehead atoms. The van der Waals surface area contributed by atoms with Crippen molar-refractivity contribution in [2.75, 3.05) is 18.4 Å². The number of ether oxygens (including phenoxy) is 1. The summed E-state index contributed by atoms with van der Waals surface area (Å²) in [6.45, 7) is 10.7. The van der Waals surface area contributed by atoms with Crippen molar-refractivity contribution in [2.24, 2.45) is 5.92 Å². The monoisotopic (exact) mass is 415 g/mol. The molecule has 2 atom stereocenters. The number of halogens is 1. The number of rotatable bonds is 4. The van der Waals surface area contributed by atoms with Gasteiger partial charge in [0.1, 0.15) is 22.9 Å². The number of hydrogen-bond acceptors (Lipinski definition) is 6. The van der Waals surface area contributed by atoms with Gasteiger partial charge in [-0.3, -0.25) is 0 Å². The third-order valence-electron chi connectivity index (χ3n) is 5.03. The number of nitrogens with one attached hydrogen (secondary N) is 1. The highest BCUT2D eigenvalue weighted by Crippen LogP contribution is 2.24. The van der Waals surface area contributed by atoms with Crippen LogP contribution in [0.3, 0.4) is 0 Å². The van der Waals surface area contributed by atoms with Gasteiger partial charge in [-0.15, -0.1) is 10.2 Å². The summed E-state index contributed by atoms with van der Waals surface area (Å²) in [5.41, 5.74) is 1.15. The number of benzene rings is 1. The number of aromatic nitrogens is 3. The topological polar surface area (TPSA) is 80.2 Å². The van der Waals surface area contributed by atoms with Crippen molar-refractivity contribution in [3.8, 4) is 0 Å². The van der Waals surface area contributed by atoms with Gasteiger partial charge in [-0.05, 0) is 57.7 Å². The summed E-state index contributed by atoms with van der Waals surface area (Å²) in [6.07, 6.45) is 1.01. The number of amides is 1. The molecular weight excluding hydrogens is 385 g/mol. The second-order valence-corrected chi connectivity index (χ2v) is 8.90. The highest BCUT2D eigenvalue weighted by atomic mass is 19.1. The van der Waals surface area contributed by atoms with Crippen molar-refractivity contribution in [1.29, 1.82) is 0 Å². The zero-order valence-corrected chi connectivity index (χ0v) is 18.3. The second kappa shape index (κ2) is 8.93. The van der Waals surface area contributed by atoms with Crippen LogP contribution >= 0.6 is 0 Å². The van der Waals surface area contributed by atoms with E-state index in [2.05, 4.69) is 27.4 Å². The molecule has 0 aliphatic carbocycles. The third-order valence-corrected chi connectivity index (χ3v) is 5.03. The highest BCUT2D eigenvalue weighted by molar-refractivity contribution is 5.68. The first kappa shape index (κ1) is 21.9. The molecule has 8 heteroatoms. The van der Waals surface area contributed by atoms with E-state index in [1.807, 2.05) is 20.8 Å². The predicted octanol–water partition coefficient (Wildman–Crippen LogP) is 3.97. The summed E-state index contributed by atoms with van der Waals surface area (Å²) in [4.78, 5) is 18.7. The number of hydrogen-bond donors (Lipinski definition) is 1. The molecular formula is C22H30FN5O2. The lowest BCUT2D eigenvalue weighted by Crippen LogP contribution is -2.49. The largest absolute Gasteiger partial charge is 0.444 e. The van der Waals surface area contributed by atoms with E-state index in [-0.39, 0.29) is 23.9 Å². The minimum Gasteiger partial charge on any atom is -0.444 e. The molecule has 1 N–H and O–H groups in total. The van der Waals surface area contributed by atoms with Crippen LogP contribution in [0.4, 0.5) is 15.0 Å². The third kappa shape index (κ3) is 5.87. The van der Waals surface area contributed by atoms with Gasteiger partial charge in [0.05, 0.1) is 0 Å². The molecule has 0 unspecified atom stereocenters. The van der Waals surface area contributed by atoms with Gasteiger partial charge in [-0.2, -0.15) is 0 Å². The fourth-order valence-electron chi connectivity index (χ4n) is 3.49. The van der Waals surface area contributed by atoms with Crippen molar-refractivity contribution >= 4 is 11.9 Å². The lowest BCUT2D eigenvalue weighted by atomic mass is 9.94. The number of likely N-dealkylation sites (tertiary alicyclic amines) is 1. The van der Waals surface area contributed by atoms with E-state index in [9.17, 15) is 9.18 Å². The molecule has 3 rings (SSSR count). The molecule has 2 aromatic rings. The molecule has 1 fully saturated rings. The van der Waals surface area contributed by atoms with Crippen molar-refractivity contribution in [2.45, 2.75) is 59.1 Å². The molecule has 0 radical (unpaired) electrons. The molecule has 1 aromatic carbocycles. The maximum Gasteiger partial charge on any atom is 0.410 e. The Morgan fingerprint density at radius 3 is 2.60 bits per heavy atom. The fraction of sp³-hybridized carbons (Fsp3) is 0.545. The van der Waals surface area contributed by atoms with E-state index >= 15 is 0 Å². The molecule has 0 spiro atoms. The van der Waals surface area contributed by atoms with E-state index < -0.39 is 5.60 Å². The Hall–Kier alpha value is -2.77. The zero-order chi connectivity index (χ0) is 21.9. The average molecular weight is 416 g/mol. The first-order valence-electron chi connectivity index (χ1n) is 10.3. The van der Waals surface area contributed by atoms with Crippen molar-refractivity contribution in [3.05, 3.63) is 47.2 Å². The van der Waals surface area contributed by atoms with Crippen LogP contribution < -0.4 is 5.32 Å². The summed E-state index contributed by atoms with van der Waals surface area (Å²) in [5, 5.41) is 11.9. The van der Waals surface area contributed by atoms with Gasteiger partial charge in [0.2, 0.25) is 0 Å². The Balaban J connectivity index is 1.68. The van der Waals surface area contributed by atoms with Gasteiger partial charge >= 0.3 is 6.09 Å². The van der Waals surface area contributed by atoms with E-state index in [0.29, 0.717) is 36.8 Å². The Kier molecular flexibility index (Phi) is 6.53. The molecule has 1 aromatic heterocycles. The molecule has 162 valence electrons. The normalized spacial score (nSPS) is 19.5. The summed E-state index contributed by atoms with van der Waals surface area (Å²) in [6, 6.07) is 6.50. The lowest BCUT2D eigenvalue weighted by Gasteiger charge is -2.38. The summed E-state index contributed by atoms with van der Waals surface area (Å²) in [7, 11) is 0. The average Bonchev–Trinajstić information content (AvgIpc) is 2.66. The van der Waals surface area contributed by atoms with Crippen LogP contribution in [0.2, 0.25) is 0 Å². The van der Waals surface area contributed by atoms with Crippen molar-refractivity contribution in [3.63, 3.8) is 0 Å². The number of anilines is 1. The molecule has 0 saturated carbocycles. The van der Waals surface area contributed by atoms with Crippen LogP contribution in [0, 0.1) is 18.7 Å². The quantitative estimate of drug-likeness (QED) is 0.814. The Labute approximate surface area is 177 Å². The van der Waals surface area contributed by atoms with Gasteiger partial charge in [-0.25, -0.2) is 14.2 Å². The standard InChI is InChI=1S/C22H30FN5O2/c1-14-13-28(21(29)30-22(3,4)5)11-10-18(14)25-20-19(27-26-15(2)24-20)12-16-6-8-17(23)9-7-16/h6-9,14,18H,10-13H2,1-5H3,(H,24,25,26)/t14-,18-/m1/s1. The van der Waals surface area contributed by atoms with Gasteiger partial charge in [0, 0.05) is 25.6 Å². The molecule has 1 aliphatic rings. The SMILES string of the molecule is Cc1nnc(Cc2ccc(F)cc2)c(N[C@@H]2CCN(C(=O)OC(C)(C)C)C[C@H]2C)n1. The van der Waals surface area contributed by atoms with E-state index in [1.54, 1.807) is 24.0 Å². The van der Waals surface area contributed by atoms with Crippen LogP contribution in [0.1, 0.15) is 51.2 Å². The van der Waals surface area contributed by atoms with Crippen molar-refractivity contribution < 1.29 is 13.9 Å². The first-order valence-corrected chi connectivity index (χ1v) is 10.3. The van der Waals surface area contributed by atoms with Crippen LogP contribution in [0.15, 0.2) is 24.3 Å². The molecule has 2 heterocycles. The van der Waals surface area contributed by atoms with E-state index in [1.165, 1.54) is 12.1 Å². The van der Waals surface area contributed by atoms with Gasteiger partial charge in [-0.1, -0.05) is 19.1 Å². The molecule has 30 heavy (non-hydrogen) atoms. The van der Waals surface area contributed by atoms with Crippen LogP contribution in [0.25, 0.3) is 0 Å². The molecule has 1 amide bonds. The van der Waals surface area contributed by atoms with Crippen molar-refractivity contribution in [1.82, 2.24) is 20.1 Å². The van der Waals surface area contributed by atoms with Gasteiger partial charge in [0.15, 0.2) is 5.82 Å². The Bertz CT molecular complexity index is 882. The number of carbonyl (C=O) groups excluding carboxylic acids is 1. The maximum absolute atomic E-state index is 13.2. The van der Waals surface area contributed by atoms with Gasteiger partial charge < -0.3 is 15.0 Å². The first-order chi connectivity index (χ1) is 14.1. The van der Waals surface area contributed by atoms with Crippen LogP contribution in [-0.4, -0.2) is 50.9 Å². The predicted molar refractivity (Wildman–Crippen MR) is 113 cm³/mol. The van der Waals surface area contributed by atoms with E-state index in [0.717, 1.165) is 12.0 Å². The number of aryl methyl sites for hydroxylation is 1.